The third-order valence-corrected chi connectivity index (χ3v) is 4.45. The Morgan fingerprint density at radius 1 is 1.16 bits per heavy atom. The molecule has 1 rings (SSSR count). The van der Waals surface area contributed by atoms with Gasteiger partial charge in [0.25, 0.3) is 5.91 Å². The molecule has 1 amide bonds. The van der Waals surface area contributed by atoms with Crippen molar-refractivity contribution >= 4 is 28.0 Å². The van der Waals surface area contributed by atoms with Crippen LogP contribution in [0.5, 0.6) is 0 Å². The average Bonchev–Trinajstić information content (AvgIpc) is 2.59. The van der Waals surface area contributed by atoms with E-state index in [4.69, 9.17) is 4.74 Å². The summed E-state index contributed by atoms with van der Waals surface area (Å²) in [6, 6.07) is 7.30. The van der Waals surface area contributed by atoms with Gasteiger partial charge >= 0.3 is 5.97 Å². The second-order valence-electron chi connectivity index (χ2n) is 5.31. The van der Waals surface area contributed by atoms with E-state index in [0.29, 0.717) is 13.1 Å². The summed E-state index contributed by atoms with van der Waals surface area (Å²) in [5.41, 5.74) is 1.79. The number of likely N-dealkylation sites (N-methyl/N-ethyl adjacent to an activating group) is 1. The predicted octanol–water partition coefficient (Wildman–Crippen LogP) is 1.30. The monoisotopic (exact) mass is 368 g/mol. The number of hydrogen-bond acceptors (Lipinski definition) is 5. The van der Waals surface area contributed by atoms with Crippen molar-refractivity contribution in [2.45, 2.75) is 20.8 Å². The van der Waals surface area contributed by atoms with Crippen LogP contribution < -0.4 is 4.72 Å². The van der Waals surface area contributed by atoms with Crippen molar-refractivity contribution < 1.29 is 22.7 Å². The van der Waals surface area contributed by atoms with E-state index < -0.39 is 29.1 Å². The first-order chi connectivity index (χ1) is 11.8. The van der Waals surface area contributed by atoms with Crippen LogP contribution in [-0.2, 0) is 24.3 Å². The summed E-state index contributed by atoms with van der Waals surface area (Å²) in [6.07, 6.45) is 1.43. The molecule has 0 saturated carbocycles. The lowest BCUT2D eigenvalue weighted by Crippen LogP contribution is -2.36. The van der Waals surface area contributed by atoms with Gasteiger partial charge in [0, 0.05) is 18.5 Å². The SMILES string of the molecule is CCN(CC)C(=O)COC(=O)CNS(=O)(=O)/C=C/c1ccc(C)cc1. The summed E-state index contributed by atoms with van der Waals surface area (Å²) in [7, 11) is -3.78. The van der Waals surface area contributed by atoms with Crippen molar-refractivity contribution in [3.63, 3.8) is 0 Å². The first-order valence-electron chi connectivity index (χ1n) is 7.95. The maximum absolute atomic E-state index is 11.8. The third kappa shape index (κ3) is 7.95. The molecule has 0 aliphatic carbocycles. The Morgan fingerprint density at radius 3 is 2.32 bits per heavy atom. The molecule has 0 aliphatic rings. The topological polar surface area (TPSA) is 92.8 Å². The van der Waals surface area contributed by atoms with Gasteiger partial charge in [-0.15, -0.1) is 0 Å². The summed E-state index contributed by atoms with van der Waals surface area (Å²) < 4.78 is 30.6. The molecule has 1 aromatic rings. The van der Waals surface area contributed by atoms with E-state index in [2.05, 4.69) is 4.72 Å². The standard InChI is InChI=1S/C17H24N2O5S/c1-4-19(5-2)16(20)13-24-17(21)12-18-25(22,23)11-10-15-8-6-14(3)7-9-15/h6-11,18H,4-5,12-13H2,1-3H3/b11-10+. The van der Waals surface area contributed by atoms with Gasteiger partial charge in [-0.1, -0.05) is 29.8 Å². The largest absolute Gasteiger partial charge is 0.455 e. The zero-order valence-corrected chi connectivity index (χ0v) is 15.5. The molecular formula is C17H24N2O5S. The molecule has 25 heavy (non-hydrogen) atoms. The van der Waals surface area contributed by atoms with Crippen molar-refractivity contribution in [2.24, 2.45) is 0 Å². The fourth-order valence-electron chi connectivity index (χ4n) is 1.91. The number of nitrogens with one attached hydrogen (secondary N) is 1. The minimum Gasteiger partial charge on any atom is -0.455 e. The van der Waals surface area contributed by atoms with Crippen molar-refractivity contribution in [2.75, 3.05) is 26.2 Å². The van der Waals surface area contributed by atoms with Gasteiger partial charge in [-0.25, -0.2) is 13.1 Å². The van der Waals surface area contributed by atoms with Crippen LogP contribution in [-0.4, -0.2) is 51.4 Å². The number of carbonyl (C=O) groups is 2. The third-order valence-electron chi connectivity index (χ3n) is 3.41. The van der Waals surface area contributed by atoms with Crippen LogP contribution in [0, 0.1) is 6.92 Å². The number of carbonyl (C=O) groups excluding carboxylic acids is 2. The van der Waals surface area contributed by atoms with Gasteiger partial charge in [0.15, 0.2) is 6.61 Å². The molecule has 0 unspecified atom stereocenters. The van der Waals surface area contributed by atoms with Crippen molar-refractivity contribution in [1.29, 1.82) is 0 Å². The van der Waals surface area contributed by atoms with Crippen LogP contribution in [0.4, 0.5) is 0 Å². The summed E-state index contributed by atoms with van der Waals surface area (Å²) in [6.45, 7) is 5.66. The Bertz CT molecular complexity index is 707. The summed E-state index contributed by atoms with van der Waals surface area (Å²) in [5.74, 6) is -1.13. The molecule has 1 aromatic carbocycles. The maximum atomic E-state index is 11.8. The molecule has 7 nitrogen and oxygen atoms in total. The predicted molar refractivity (Wildman–Crippen MR) is 96.0 cm³/mol. The van der Waals surface area contributed by atoms with Gasteiger partial charge in [-0.3, -0.25) is 9.59 Å². The van der Waals surface area contributed by atoms with Crippen LogP contribution in [0.3, 0.4) is 0 Å². The van der Waals surface area contributed by atoms with E-state index in [0.717, 1.165) is 16.5 Å². The zero-order chi connectivity index (χ0) is 18.9. The molecule has 0 heterocycles. The van der Waals surface area contributed by atoms with Crippen molar-refractivity contribution in [3.05, 3.63) is 40.8 Å². The molecule has 0 aliphatic heterocycles. The van der Waals surface area contributed by atoms with Gasteiger partial charge in [-0.05, 0) is 32.4 Å². The van der Waals surface area contributed by atoms with E-state index in [9.17, 15) is 18.0 Å². The van der Waals surface area contributed by atoms with Gasteiger partial charge in [0.05, 0.1) is 0 Å². The number of aryl methyl sites for hydroxylation is 1. The Kier molecular flexibility index (Phi) is 8.30. The fraction of sp³-hybridized carbons (Fsp3) is 0.412. The van der Waals surface area contributed by atoms with Gasteiger partial charge < -0.3 is 9.64 Å². The Balaban J connectivity index is 2.46. The van der Waals surface area contributed by atoms with E-state index >= 15 is 0 Å². The summed E-state index contributed by atoms with van der Waals surface area (Å²) in [4.78, 5) is 24.8. The lowest BCUT2D eigenvalue weighted by atomic mass is 10.2. The number of rotatable bonds is 9. The highest BCUT2D eigenvalue weighted by Gasteiger charge is 2.14. The molecule has 0 spiro atoms. The van der Waals surface area contributed by atoms with Gasteiger partial charge in [-0.2, -0.15) is 0 Å². The molecule has 0 bridgehead atoms. The molecule has 0 fully saturated rings. The second kappa shape index (κ2) is 9.95. The number of nitrogens with zero attached hydrogens (tertiary/aromatic N) is 1. The summed E-state index contributed by atoms with van der Waals surface area (Å²) in [5, 5.41) is 0.978. The normalized spacial score (nSPS) is 11.5. The van der Waals surface area contributed by atoms with Gasteiger partial charge in [0.1, 0.15) is 6.54 Å². The number of ether oxygens (including phenoxy) is 1. The molecule has 138 valence electrons. The molecule has 0 atom stereocenters. The quantitative estimate of drug-likeness (QED) is 0.663. The first kappa shape index (κ1) is 20.9. The lowest BCUT2D eigenvalue weighted by Gasteiger charge is -2.18. The number of hydrogen-bond donors (Lipinski definition) is 1. The maximum Gasteiger partial charge on any atom is 0.321 e. The molecule has 0 radical (unpaired) electrons. The number of amides is 1. The number of benzene rings is 1. The van der Waals surface area contributed by atoms with E-state index in [1.165, 1.54) is 11.0 Å². The average molecular weight is 368 g/mol. The number of esters is 1. The zero-order valence-electron chi connectivity index (χ0n) is 14.7. The second-order valence-corrected chi connectivity index (χ2v) is 6.96. The first-order valence-corrected chi connectivity index (χ1v) is 9.49. The smallest absolute Gasteiger partial charge is 0.321 e. The molecule has 0 aromatic heterocycles. The van der Waals surface area contributed by atoms with E-state index in [-0.39, 0.29) is 5.91 Å². The molecule has 1 N–H and O–H groups in total. The van der Waals surface area contributed by atoms with Crippen molar-refractivity contribution in [3.8, 4) is 0 Å². The Morgan fingerprint density at radius 2 is 1.76 bits per heavy atom. The van der Waals surface area contributed by atoms with Crippen LogP contribution in [0.1, 0.15) is 25.0 Å². The highest BCUT2D eigenvalue weighted by Crippen LogP contribution is 2.06. The van der Waals surface area contributed by atoms with E-state index in [1.807, 2.05) is 32.9 Å². The fourth-order valence-corrected chi connectivity index (χ4v) is 2.67. The van der Waals surface area contributed by atoms with Crippen LogP contribution in [0.25, 0.3) is 6.08 Å². The van der Waals surface area contributed by atoms with Crippen LogP contribution in [0.2, 0.25) is 0 Å². The minimum atomic E-state index is -3.78. The minimum absolute atomic E-state index is 0.319. The van der Waals surface area contributed by atoms with E-state index in [1.54, 1.807) is 12.1 Å². The molecule has 0 saturated heterocycles. The van der Waals surface area contributed by atoms with Gasteiger partial charge in [0.2, 0.25) is 10.0 Å². The highest BCUT2D eigenvalue weighted by molar-refractivity contribution is 7.92. The van der Waals surface area contributed by atoms with Crippen LogP contribution in [0.15, 0.2) is 29.7 Å². The lowest BCUT2D eigenvalue weighted by molar-refractivity contribution is -0.150. The van der Waals surface area contributed by atoms with Crippen LogP contribution >= 0.6 is 0 Å². The highest BCUT2D eigenvalue weighted by atomic mass is 32.2. The Labute approximate surface area is 148 Å². The Hall–Kier alpha value is -2.19. The molecular weight excluding hydrogens is 344 g/mol. The number of sulfonamides is 1. The summed E-state index contributed by atoms with van der Waals surface area (Å²) >= 11 is 0. The molecule has 8 heteroatoms. The van der Waals surface area contributed by atoms with Crippen molar-refractivity contribution in [1.82, 2.24) is 9.62 Å².